The van der Waals surface area contributed by atoms with Crippen molar-refractivity contribution >= 4 is 62.5 Å². The number of ether oxygens (including phenoxy) is 1. The molecule has 0 saturated carbocycles. The Kier molecular flexibility index (Phi) is 9.08. The largest absolute Gasteiger partial charge is 0.483 e. The summed E-state index contributed by atoms with van der Waals surface area (Å²) >= 11 is 21.3. The van der Waals surface area contributed by atoms with E-state index in [1.807, 2.05) is 6.92 Å². The Labute approximate surface area is 193 Å². The minimum atomic E-state index is -0.700. The number of halogens is 4. The number of nitrogens with one attached hydrogen (secondary N) is 1. The van der Waals surface area contributed by atoms with E-state index in [0.29, 0.717) is 31.8 Å². The second-order valence-electron chi connectivity index (χ2n) is 6.20. The van der Waals surface area contributed by atoms with Gasteiger partial charge in [0.25, 0.3) is 5.91 Å². The molecular formula is C20H20BrCl3N2O3. The molecule has 0 radical (unpaired) electrons. The number of benzene rings is 2. The fourth-order valence-corrected chi connectivity index (χ4v) is 3.67. The average Bonchev–Trinajstić information content (AvgIpc) is 2.67. The highest BCUT2D eigenvalue weighted by Gasteiger charge is 2.26. The Morgan fingerprint density at radius 3 is 2.48 bits per heavy atom. The van der Waals surface area contributed by atoms with E-state index in [9.17, 15) is 9.59 Å². The molecule has 1 atom stereocenters. The number of hydrogen-bond acceptors (Lipinski definition) is 3. The number of nitrogens with zero attached hydrogens (tertiary/aromatic N) is 1. The van der Waals surface area contributed by atoms with Crippen LogP contribution in [-0.4, -0.2) is 35.9 Å². The summed E-state index contributed by atoms with van der Waals surface area (Å²) in [5.74, 6) is -0.131. The third-order valence-electron chi connectivity index (χ3n) is 4.10. The molecular weight excluding hydrogens is 502 g/mol. The van der Waals surface area contributed by atoms with Crippen LogP contribution in [0.5, 0.6) is 5.75 Å². The van der Waals surface area contributed by atoms with Gasteiger partial charge in [0.2, 0.25) is 5.91 Å². The normalized spacial score (nSPS) is 11.7. The van der Waals surface area contributed by atoms with Crippen LogP contribution in [-0.2, 0) is 16.1 Å². The molecule has 5 nitrogen and oxygen atoms in total. The lowest BCUT2D eigenvalue weighted by Crippen LogP contribution is -2.49. The standard InChI is InChI=1S/C20H20BrCl3N2O3/c1-3-25-20(28)12(2)26(10-13-4-6-16(23)17(24)8-13)19(27)11-29-18-7-5-14(22)9-15(18)21/h4-9,12H,3,10-11H2,1-2H3,(H,25,28). The molecule has 0 aliphatic rings. The van der Waals surface area contributed by atoms with E-state index in [1.165, 1.54) is 4.90 Å². The van der Waals surface area contributed by atoms with Gasteiger partial charge in [0.05, 0.1) is 14.5 Å². The molecule has 2 rings (SSSR count). The summed E-state index contributed by atoms with van der Waals surface area (Å²) in [5, 5.41) is 4.07. The molecule has 1 N–H and O–H groups in total. The van der Waals surface area contributed by atoms with Gasteiger partial charge >= 0.3 is 0 Å². The van der Waals surface area contributed by atoms with E-state index in [4.69, 9.17) is 39.5 Å². The number of carbonyl (C=O) groups excluding carboxylic acids is 2. The first-order chi connectivity index (χ1) is 13.7. The summed E-state index contributed by atoms with van der Waals surface area (Å²) in [4.78, 5) is 26.7. The molecule has 9 heteroatoms. The Bertz CT molecular complexity index is 895. The quantitative estimate of drug-likeness (QED) is 0.509. The van der Waals surface area contributed by atoms with Crippen molar-refractivity contribution in [1.29, 1.82) is 0 Å². The van der Waals surface area contributed by atoms with Crippen molar-refractivity contribution in [2.75, 3.05) is 13.2 Å². The van der Waals surface area contributed by atoms with E-state index in [2.05, 4.69) is 21.2 Å². The van der Waals surface area contributed by atoms with E-state index in [1.54, 1.807) is 43.3 Å². The number of carbonyl (C=O) groups is 2. The first-order valence-corrected chi connectivity index (χ1v) is 10.7. The van der Waals surface area contributed by atoms with Crippen LogP contribution in [0.2, 0.25) is 15.1 Å². The highest BCUT2D eigenvalue weighted by molar-refractivity contribution is 9.10. The molecule has 0 bridgehead atoms. The van der Waals surface area contributed by atoms with Gasteiger partial charge in [0.1, 0.15) is 11.8 Å². The van der Waals surface area contributed by atoms with E-state index < -0.39 is 6.04 Å². The third kappa shape index (κ3) is 6.78. The molecule has 1 unspecified atom stereocenters. The smallest absolute Gasteiger partial charge is 0.261 e. The maximum absolute atomic E-state index is 12.9. The van der Waals surface area contributed by atoms with Gasteiger partial charge in [-0.05, 0) is 65.7 Å². The predicted octanol–water partition coefficient (Wildman–Crippen LogP) is 5.34. The van der Waals surface area contributed by atoms with Gasteiger partial charge in [-0.25, -0.2) is 0 Å². The van der Waals surface area contributed by atoms with Gasteiger partial charge in [0, 0.05) is 18.1 Å². The predicted molar refractivity (Wildman–Crippen MR) is 120 cm³/mol. The van der Waals surface area contributed by atoms with Crippen molar-refractivity contribution in [2.24, 2.45) is 0 Å². The topological polar surface area (TPSA) is 58.6 Å². The Balaban J connectivity index is 2.19. The monoisotopic (exact) mass is 520 g/mol. The molecule has 0 spiro atoms. The van der Waals surface area contributed by atoms with E-state index in [-0.39, 0.29) is 25.0 Å². The van der Waals surface area contributed by atoms with Crippen LogP contribution in [0.4, 0.5) is 0 Å². The lowest BCUT2D eigenvalue weighted by atomic mass is 10.1. The van der Waals surface area contributed by atoms with E-state index in [0.717, 1.165) is 5.56 Å². The summed E-state index contributed by atoms with van der Waals surface area (Å²) in [6.45, 7) is 3.88. The van der Waals surface area contributed by atoms with Crippen LogP contribution in [0.3, 0.4) is 0 Å². The van der Waals surface area contributed by atoms with Gasteiger partial charge < -0.3 is 15.0 Å². The lowest BCUT2D eigenvalue weighted by Gasteiger charge is -2.28. The fourth-order valence-electron chi connectivity index (χ4n) is 2.55. The molecule has 156 valence electrons. The van der Waals surface area contributed by atoms with Gasteiger partial charge in [-0.15, -0.1) is 0 Å². The number of rotatable bonds is 8. The van der Waals surface area contributed by atoms with Gasteiger partial charge in [0.15, 0.2) is 6.61 Å². The minimum absolute atomic E-state index is 0.180. The fraction of sp³-hybridized carbons (Fsp3) is 0.300. The molecule has 0 fully saturated rings. The average molecular weight is 523 g/mol. The van der Waals surface area contributed by atoms with Crippen LogP contribution in [0, 0.1) is 0 Å². The zero-order chi connectivity index (χ0) is 21.6. The number of hydrogen-bond donors (Lipinski definition) is 1. The Morgan fingerprint density at radius 2 is 1.86 bits per heavy atom. The first kappa shape index (κ1) is 23.8. The molecule has 0 saturated heterocycles. The molecule has 2 aromatic carbocycles. The van der Waals surface area contributed by atoms with Crippen LogP contribution in [0.25, 0.3) is 0 Å². The van der Waals surface area contributed by atoms with Crippen molar-refractivity contribution in [3.8, 4) is 5.75 Å². The Hall–Kier alpha value is -1.47. The minimum Gasteiger partial charge on any atom is -0.483 e. The van der Waals surface area contributed by atoms with Crippen molar-refractivity contribution < 1.29 is 14.3 Å². The second kappa shape index (κ2) is 11.1. The van der Waals surface area contributed by atoms with Crippen LogP contribution in [0.15, 0.2) is 40.9 Å². The van der Waals surface area contributed by atoms with Crippen molar-refractivity contribution in [1.82, 2.24) is 10.2 Å². The molecule has 0 aliphatic carbocycles. The molecule has 29 heavy (non-hydrogen) atoms. The van der Waals surface area contributed by atoms with Crippen molar-refractivity contribution in [3.63, 3.8) is 0 Å². The van der Waals surface area contributed by atoms with Gasteiger partial charge in [-0.3, -0.25) is 9.59 Å². The van der Waals surface area contributed by atoms with Gasteiger partial charge in [-0.2, -0.15) is 0 Å². The van der Waals surface area contributed by atoms with E-state index >= 15 is 0 Å². The molecule has 2 aromatic rings. The van der Waals surface area contributed by atoms with Crippen molar-refractivity contribution in [3.05, 3.63) is 61.5 Å². The molecule has 2 amide bonds. The first-order valence-electron chi connectivity index (χ1n) is 8.81. The second-order valence-corrected chi connectivity index (χ2v) is 8.31. The summed E-state index contributed by atoms with van der Waals surface area (Å²) in [6, 6.07) is 9.38. The maximum Gasteiger partial charge on any atom is 0.261 e. The highest BCUT2D eigenvalue weighted by atomic mass is 79.9. The number of likely N-dealkylation sites (N-methyl/N-ethyl adjacent to an activating group) is 1. The summed E-state index contributed by atoms with van der Waals surface area (Å²) in [6.07, 6.45) is 0. The Morgan fingerprint density at radius 1 is 1.14 bits per heavy atom. The third-order valence-corrected chi connectivity index (χ3v) is 5.69. The van der Waals surface area contributed by atoms with Crippen LogP contribution >= 0.6 is 50.7 Å². The van der Waals surface area contributed by atoms with Crippen LogP contribution < -0.4 is 10.1 Å². The number of amides is 2. The molecule has 0 heterocycles. The lowest BCUT2D eigenvalue weighted by molar-refractivity contribution is -0.142. The highest BCUT2D eigenvalue weighted by Crippen LogP contribution is 2.28. The van der Waals surface area contributed by atoms with Crippen LogP contribution in [0.1, 0.15) is 19.4 Å². The molecule has 0 aliphatic heterocycles. The van der Waals surface area contributed by atoms with Gasteiger partial charge in [-0.1, -0.05) is 40.9 Å². The zero-order valence-electron chi connectivity index (χ0n) is 15.8. The SMILES string of the molecule is CCNC(=O)C(C)N(Cc1ccc(Cl)c(Cl)c1)C(=O)COc1ccc(Cl)cc1Br. The maximum atomic E-state index is 12.9. The van der Waals surface area contributed by atoms with Crippen molar-refractivity contribution in [2.45, 2.75) is 26.4 Å². The molecule has 0 aromatic heterocycles. The summed E-state index contributed by atoms with van der Waals surface area (Å²) in [5.41, 5.74) is 0.747. The summed E-state index contributed by atoms with van der Waals surface area (Å²) < 4.78 is 6.26. The zero-order valence-corrected chi connectivity index (χ0v) is 19.7. The summed E-state index contributed by atoms with van der Waals surface area (Å²) in [7, 11) is 0.